The number of aliphatic hydroxyl groups is 1. The Balaban J connectivity index is 1.70. The predicted molar refractivity (Wildman–Crippen MR) is 141 cm³/mol. The molecule has 0 unspecified atom stereocenters. The number of aliphatic hydroxyl groups excluding tert-OH is 1. The summed E-state index contributed by atoms with van der Waals surface area (Å²) in [6.45, 7) is 15.4. The van der Waals surface area contributed by atoms with Crippen LogP contribution in [0.5, 0.6) is 0 Å². The van der Waals surface area contributed by atoms with Gasteiger partial charge in [-0.2, -0.15) is 0 Å². The zero-order valence-corrected chi connectivity index (χ0v) is 24.0. The van der Waals surface area contributed by atoms with Gasteiger partial charge in [-0.1, -0.05) is 39.0 Å². The average molecular weight is 521 g/mol. The first-order chi connectivity index (χ1) is 17.2. The fourth-order valence-corrected chi connectivity index (χ4v) is 5.89. The lowest BCUT2D eigenvalue weighted by molar-refractivity contribution is -0.301. The summed E-state index contributed by atoms with van der Waals surface area (Å²) >= 11 is 0. The third-order valence-corrected chi connectivity index (χ3v) is 7.72. The summed E-state index contributed by atoms with van der Waals surface area (Å²) in [7, 11) is 0. The number of hydrogen-bond donors (Lipinski definition) is 1. The molecule has 210 valence electrons. The zero-order chi connectivity index (χ0) is 27.5. The molecule has 8 atom stereocenters. The molecule has 1 N–H and O–H groups in total. The maximum Gasteiger partial charge on any atom is 0.308 e. The van der Waals surface area contributed by atoms with Gasteiger partial charge in [0.05, 0.1) is 30.7 Å². The molecule has 1 fully saturated rings. The van der Waals surface area contributed by atoms with Gasteiger partial charge in [0.1, 0.15) is 11.7 Å². The number of hydrogen-bond acceptors (Lipinski definition) is 7. The molecule has 0 bridgehead atoms. The molecule has 1 saturated heterocycles. The molecule has 0 saturated carbocycles. The maximum absolute atomic E-state index is 12.7. The van der Waals surface area contributed by atoms with Gasteiger partial charge in [-0.15, -0.1) is 0 Å². The van der Waals surface area contributed by atoms with Crippen LogP contribution in [0.15, 0.2) is 23.8 Å². The van der Waals surface area contributed by atoms with E-state index in [0.29, 0.717) is 18.8 Å². The Labute approximate surface area is 222 Å². The van der Waals surface area contributed by atoms with Crippen LogP contribution in [0.4, 0.5) is 0 Å². The van der Waals surface area contributed by atoms with E-state index in [2.05, 4.69) is 19.1 Å². The maximum atomic E-state index is 12.7. The first-order valence-corrected chi connectivity index (χ1v) is 14.0. The van der Waals surface area contributed by atoms with Crippen molar-refractivity contribution in [1.29, 1.82) is 0 Å². The summed E-state index contributed by atoms with van der Waals surface area (Å²) < 4.78 is 23.9. The first kappa shape index (κ1) is 29.9. The Kier molecular flexibility index (Phi) is 9.68. The van der Waals surface area contributed by atoms with E-state index in [1.54, 1.807) is 0 Å². The highest BCUT2D eigenvalue weighted by atomic mass is 16.7. The Hall–Kier alpha value is -1.70. The van der Waals surface area contributed by atoms with Gasteiger partial charge in [0.25, 0.3) is 0 Å². The average Bonchev–Trinajstić information content (AvgIpc) is 2.75. The van der Waals surface area contributed by atoms with Crippen molar-refractivity contribution in [3.05, 3.63) is 23.8 Å². The minimum Gasteiger partial charge on any atom is -0.461 e. The Morgan fingerprint density at radius 1 is 1.16 bits per heavy atom. The van der Waals surface area contributed by atoms with E-state index in [-0.39, 0.29) is 54.4 Å². The summed E-state index contributed by atoms with van der Waals surface area (Å²) in [5, 5.41) is 10.5. The molecule has 0 aromatic carbocycles. The second-order valence-corrected chi connectivity index (χ2v) is 12.6. The molecule has 0 amide bonds. The molecule has 3 rings (SSSR count). The van der Waals surface area contributed by atoms with E-state index < -0.39 is 17.5 Å². The number of carbonyl (C=O) groups is 2. The Morgan fingerprint density at radius 3 is 2.49 bits per heavy atom. The van der Waals surface area contributed by atoms with Gasteiger partial charge in [0.2, 0.25) is 0 Å². The van der Waals surface area contributed by atoms with Crippen molar-refractivity contribution < 1.29 is 33.6 Å². The lowest BCUT2D eigenvalue weighted by atomic mass is 9.66. The number of fused-ring (bicyclic) bond motifs is 1. The van der Waals surface area contributed by atoms with Gasteiger partial charge in [-0.3, -0.25) is 9.59 Å². The fraction of sp³-hybridized carbons (Fsp3) is 0.800. The molecule has 0 spiro atoms. The minimum atomic E-state index is -0.790. The molecular weight excluding hydrogens is 472 g/mol. The SMILES string of the molecule is CC[C@H](C)C(=O)O[C@H]1C[C@H](O)C=C2C=C[C@H](C)[C@H](CC[C@@H]3C[C@H](CC(=O)OC(C)(C)C)OC(C)(C)O3)[C@H]21. The fourth-order valence-electron chi connectivity index (χ4n) is 5.89. The second-order valence-electron chi connectivity index (χ2n) is 12.6. The van der Waals surface area contributed by atoms with Crippen molar-refractivity contribution in [3.8, 4) is 0 Å². The molecule has 3 aliphatic rings. The molecule has 1 aliphatic heterocycles. The van der Waals surface area contributed by atoms with Gasteiger partial charge in [-0.05, 0) is 71.3 Å². The van der Waals surface area contributed by atoms with Gasteiger partial charge in [0.15, 0.2) is 5.79 Å². The van der Waals surface area contributed by atoms with Crippen LogP contribution in [0.1, 0.15) is 93.9 Å². The van der Waals surface area contributed by atoms with E-state index in [0.717, 1.165) is 24.8 Å². The number of carbonyl (C=O) groups excluding carboxylic acids is 2. The van der Waals surface area contributed by atoms with Crippen LogP contribution in [0.25, 0.3) is 0 Å². The van der Waals surface area contributed by atoms with Crippen LogP contribution in [0.3, 0.4) is 0 Å². The lowest BCUT2D eigenvalue weighted by Crippen LogP contribution is -2.46. The van der Waals surface area contributed by atoms with Crippen molar-refractivity contribution in [3.63, 3.8) is 0 Å². The monoisotopic (exact) mass is 520 g/mol. The van der Waals surface area contributed by atoms with Crippen molar-refractivity contribution in [2.75, 3.05) is 0 Å². The first-order valence-electron chi connectivity index (χ1n) is 14.0. The largest absolute Gasteiger partial charge is 0.461 e. The summed E-state index contributed by atoms with van der Waals surface area (Å²) in [6.07, 6.45) is 8.56. The third-order valence-electron chi connectivity index (χ3n) is 7.72. The summed E-state index contributed by atoms with van der Waals surface area (Å²) in [5.41, 5.74) is 0.523. The van der Waals surface area contributed by atoms with Crippen molar-refractivity contribution in [2.45, 2.75) is 130 Å². The molecule has 0 radical (unpaired) electrons. The molecule has 7 heteroatoms. The number of esters is 2. The van der Waals surface area contributed by atoms with Crippen molar-refractivity contribution in [1.82, 2.24) is 0 Å². The topological polar surface area (TPSA) is 91.3 Å². The second kappa shape index (κ2) is 12.0. The highest BCUT2D eigenvalue weighted by Gasteiger charge is 2.43. The highest BCUT2D eigenvalue weighted by Crippen LogP contribution is 2.44. The smallest absolute Gasteiger partial charge is 0.308 e. The van der Waals surface area contributed by atoms with E-state index in [1.165, 1.54) is 0 Å². The van der Waals surface area contributed by atoms with Crippen LogP contribution in [0, 0.1) is 23.7 Å². The Morgan fingerprint density at radius 2 is 1.84 bits per heavy atom. The normalized spacial score (nSPS) is 34.2. The van der Waals surface area contributed by atoms with E-state index in [9.17, 15) is 14.7 Å². The quantitative estimate of drug-likeness (QED) is 0.423. The van der Waals surface area contributed by atoms with Gasteiger partial charge in [0, 0.05) is 18.8 Å². The molecule has 0 aromatic rings. The van der Waals surface area contributed by atoms with Crippen LogP contribution in [0.2, 0.25) is 0 Å². The molecule has 0 aromatic heterocycles. The third kappa shape index (κ3) is 8.39. The van der Waals surface area contributed by atoms with Gasteiger partial charge >= 0.3 is 11.9 Å². The van der Waals surface area contributed by atoms with Crippen molar-refractivity contribution in [2.24, 2.45) is 23.7 Å². The number of ether oxygens (including phenoxy) is 4. The van der Waals surface area contributed by atoms with E-state index >= 15 is 0 Å². The highest BCUT2D eigenvalue weighted by molar-refractivity contribution is 5.72. The molecule has 37 heavy (non-hydrogen) atoms. The minimum absolute atomic E-state index is 0.0433. The summed E-state index contributed by atoms with van der Waals surface area (Å²) in [4.78, 5) is 25.1. The van der Waals surface area contributed by atoms with Gasteiger partial charge < -0.3 is 24.1 Å². The molecule has 7 nitrogen and oxygen atoms in total. The predicted octanol–water partition coefficient (Wildman–Crippen LogP) is 5.50. The molecule has 1 heterocycles. The number of rotatable bonds is 8. The van der Waals surface area contributed by atoms with Crippen molar-refractivity contribution >= 4 is 11.9 Å². The standard InChI is InChI=1S/C30H48O7/c1-9-18(2)28(33)34-25-15-21(31)14-20-11-10-19(3)24(27(20)25)13-12-22-16-23(36-30(7,8)35-22)17-26(32)37-29(4,5)6/h10-11,14,18-19,21-25,27,31H,9,12-13,15-17H2,1-8H3/t18-,19-,21+,22+,23+,24-,25-,27-/m0/s1. The van der Waals surface area contributed by atoms with Crippen LogP contribution >= 0.6 is 0 Å². The number of allylic oxidation sites excluding steroid dienone is 2. The zero-order valence-electron chi connectivity index (χ0n) is 24.0. The lowest BCUT2D eigenvalue weighted by Gasteiger charge is -2.44. The molecular formula is C30H48O7. The Bertz CT molecular complexity index is 868. The van der Waals surface area contributed by atoms with Crippen LogP contribution in [-0.2, 0) is 28.5 Å². The molecule has 2 aliphatic carbocycles. The van der Waals surface area contributed by atoms with Gasteiger partial charge in [-0.25, -0.2) is 0 Å². The van der Waals surface area contributed by atoms with E-state index in [4.69, 9.17) is 18.9 Å². The van der Waals surface area contributed by atoms with E-state index in [1.807, 2.05) is 54.5 Å². The summed E-state index contributed by atoms with van der Waals surface area (Å²) in [5.74, 6) is -0.821. The van der Waals surface area contributed by atoms with Crippen LogP contribution in [-0.4, -0.2) is 52.8 Å². The van der Waals surface area contributed by atoms with Crippen LogP contribution < -0.4 is 0 Å². The summed E-state index contributed by atoms with van der Waals surface area (Å²) in [6, 6.07) is 0.